The number of benzene rings is 4. The monoisotopic (exact) mass is 455 g/mol. The number of hydrogen-bond donors (Lipinski definition) is 0. The molecule has 0 amide bonds. The van der Waals surface area contributed by atoms with E-state index in [9.17, 15) is 10.1 Å². The van der Waals surface area contributed by atoms with Crippen LogP contribution in [0.4, 0.5) is 5.69 Å². The second-order valence-electron chi connectivity index (χ2n) is 8.50. The average Bonchev–Trinajstić information content (AvgIpc) is 3.24. The maximum atomic E-state index is 12.2. The zero-order chi connectivity index (χ0) is 23.8. The van der Waals surface area contributed by atoms with Gasteiger partial charge in [0.15, 0.2) is 0 Å². The van der Waals surface area contributed by atoms with Gasteiger partial charge in [-0.25, -0.2) is 0 Å². The molecule has 5 nitrogen and oxygen atoms in total. The van der Waals surface area contributed by atoms with Gasteiger partial charge in [0.25, 0.3) is 5.69 Å². The van der Waals surface area contributed by atoms with E-state index in [0.29, 0.717) is 5.69 Å². The van der Waals surface area contributed by atoms with E-state index in [4.69, 9.17) is 0 Å². The molecule has 35 heavy (non-hydrogen) atoms. The number of nitro groups is 1. The van der Waals surface area contributed by atoms with Crippen LogP contribution in [0.3, 0.4) is 0 Å². The third kappa shape index (κ3) is 3.54. The van der Waals surface area contributed by atoms with Crippen LogP contribution in [0.5, 0.6) is 0 Å². The van der Waals surface area contributed by atoms with Crippen molar-refractivity contribution in [3.63, 3.8) is 0 Å². The van der Waals surface area contributed by atoms with Crippen LogP contribution in [0.15, 0.2) is 122 Å². The molecular weight excluding hydrogens is 434 g/mol. The van der Waals surface area contributed by atoms with E-state index < -0.39 is 0 Å². The number of rotatable bonds is 5. The van der Waals surface area contributed by atoms with E-state index in [-0.39, 0.29) is 16.5 Å². The Bertz CT molecular complexity index is 1580. The van der Waals surface area contributed by atoms with Crippen LogP contribution in [-0.2, 0) is 0 Å². The summed E-state index contributed by atoms with van der Waals surface area (Å²) in [5, 5.41) is 14.3. The summed E-state index contributed by atoms with van der Waals surface area (Å²) in [4.78, 5) is 16.1. The van der Waals surface area contributed by atoms with Crippen molar-refractivity contribution in [1.82, 2.24) is 9.55 Å². The molecule has 0 aliphatic rings. The van der Waals surface area contributed by atoms with Crippen molar-refractivity contribution in [3.8, 4) is 5.69 Å². The average molecular weight is 456 g/mol. The molecule has 0 saturated heterocycles. The predicted octanol–water partition coefficient (Wildman–Crippen LogP) is 7.27. The first-order valence-corrected chi connectivity index (χ1v) is 11.4. The van der Waals surface area contributed by atoms with Gasteiger partial charge in [-0.1, -0.05) is 72.8 Å². The van der Waals surface area contributed by atoms with E-state index in [1.54, 1.807) is 18.5 Å². The van der Waals surface area contributed by atoms with Crippen LogP contribution < -0.4 is 0 Å². The second-order valence-corrected chi connectivity index (χ2v) is 8.50. The van der Waals surface area contributed by atoms with Gasteiger partial charge in [0, 0.05) is 35.2 Å². The topological polar surface area (TPSA) is 61.0 Å². The van der Waals surface area contributed by atoms with Crippen LogP contribution in [-0.4, -0.2) is 14.5 Å². The quantitative estimate of drug-likeness (QED) is 0.203. The molecule has 5 heteroatoms. The number of hydrogen-bond acceptors (Lipinski definition) is 3. The minimum atomic E-state index is -0.299. The van der Waals surface area contributed by atoms with Gasteiger partial charge in [-0.3, -0.25) is 15.1 Å². The maximum Gasteiger partial charge on any atom is 0.293 e. The first-order valence-electron chi connectivity index (χ1n) is 11.4. The molecule has 4 aromatic carbocycles. The van der Waals surface area contributed by atoms with Gasteiger partial charge in [0.2, 0.25) is 0 Å². The molecule has 168 valence electrons. The molecule has 0 spiro atoms. The number of pyridine rings is 1. The predicted molar refractivity (Wildman–Crippen MR) is 139 cm³/mol. The van der Waals surface area contributed by atoms with Gasteiger partial charge in [-0.05, 0) is 47.0 Å². The summed E-state index contributed by atoms with van der Waals surface area (Å²) in [6.45, 7) is 0. The zero-order valence-electron chi connectivity index (χ0n) is 18.8. The Hall–Kier alpha value is -4.77. The van der Waals surface area contributed by atoms with Crippen LogP contribution in [0.25, 0.3) is 27.5 Å². The summed E-state index contributed by atoms with van der Waals surface area (Å²) < 4.78 is 2.01. The molecule has 0 aliphatic carbocycles. The van der Waals surface area contributed by atoms with Crippen LogP contribution >= 0.6 is 0 Å². The normalized spacial score (nSPS) is 12.1. The van der Waals surface area contributed by atoms with E-state index in [2.05, 4.69) is 29.2 Å². The van der Waals surface area contributed by atoms with Crippen molar-refractivity contribution in [2.45, 2.75) is 5.92 Å². The highest BCUT2D eigenvalue weighted by Gasteiger charge is 2.24. The highest BCUT2D eigenvalue weighted by atomic mass is 16.6. The lowest BCUT2D eigenvalue weighted by Crippen LogP contribution is -2.07. The smallest absolute Gasteiger partial charge is 0.293 e. The van der Waals surface area contributed by atoms with Crippen LogP contribution in [0.1, 0.15) is 22.6 Å². The summed E-state index contributed by atoms with van der Waals surface area (Å²) >= 11 is 0. The van der Waals surface area contributed by atoms with Gasteiger partial charge in [0.1, 0.15) is 5.69 Å². The van der Waals surface area contributed by atoms with Gasteiger partial charge >= 0.3 is 0 Å². The molecule has 2 heterocycles. The fraction of sp³-hybridized carbons (Fsp3) is 0.0333. The third-order valence-corrected chi connectivity index (χ3v) is 6.52. The Labute approximate surface area is 202 Å². The summed E-state index contributed by atoms with van der Waals surface area (Å²) in [6, 6.07) is 35.8. The number of para-hydroxylation sites is 2. The largest absolute Gasteiger partial charge is 0.303 e. The van der Waals surface area contributed by atoms with Gasteiger partial charge < -0.3 is 4.57 Å². The molecule has 1 atom stereocenters. The highest BCUT2D eigenvalue weighted by Crippen LogP contribution is 2.39. The molecule has 0 N–H and O–H groups in total. The molecule has 0 fully saturated rings. The van der Waals surface area contributed by atoms with E-state index in [1.807, 2.05) is 83.4 Å². The lowest BCUT2D eigenvalue weighted by molar-refractivity contribution is -0.384. The Morgan fingerprint density at radius 2 is 1.23 bits per heavy atom. The lowest BCUT2D eigenvalue weighted by atomic mass is 9.85. The third-order valence-electron chi connectivity index (χ3n) is 6.52. The fourth-order valence-corrected chi connectivity index (χ4v) is 5.01. The minimum Gasteiger partial charge on any atom is -0.303 e. The van der Waals surface area contributed by atoms with Crippen molar-refractivity contribution in [3.05, 3.63) is 148 Å². The summed E-state index contributed by atoms with van der Waals surface area (Å²) in [5.41, 5.74) is 5.67. The number of nitro benzene ring substituents is 1. The first-order chi connectivity index (χ1) is 17.2. The highest BCUT2D eigenvalue weighted by molar-refractivity contribution is 6.09. The van der Waals surface area contributed by atoms with Crippen LogP contribution in [0, 0.1) is 10.1 Å². The Balaban J connectivity index is 1.66. The summed E-state index contributed by atoms with van der Waals surface area (Å²) in [5.74, 6) is -0.0909. The molecule has 0 saturated carbocycles. The van der Waals surface area contributed by atoms with E-state index in [0.717, 1.165) is 38.5 Å². The zero-order valence-corrected chi connectivity index (χ0v) is 18.8. The first kappa shape index (κ1) is 20.8. The number of nitrogens with zero attached hydrogens (tertiary/aromatic N) is 3. The Kier molecular flexibility index (Phi) is 5.08. The van der Waals surface area contributed by atoms with Crippen molar-refractivity contribution >= 4 is 27.5 Å². The molecule has 6 rings (SSSR count). The second kappa shape index (κ2) is 8.54. The van der Waals surface area contributed by atoms with E-state index in [1.165, 1.54) is 0 Å². The van der Waals surface area contributed by atoms with Crippen molar-refractivity contribution in [1.29, 1.82) is 0 Å². The molecule has 2 aromatic heterocycles. The van der Waals surface area contributed by atoms with E-state index >= 15 is 0 Å². The maximum absolute atomic E-state index is 12.2. The number of aromatic nitrogens is 2. The molecule has 0 radical (unpaired) electrons. The molecule has 6 aromatic rings. The lowest BCUT2D eigenvalue weighted by Gasteiger charge is -2.20. The molecular formula is C30H21N3O2. The van der Waals surface area contributed by atoms with Gasteiger partial charge in [0.05, 0.1) is 16.0 Å². The van der Waals surface area contributed by atoms with Gasteiger partial charge in [-0.15, -0.1) is 0 Å². The SMILES string of the molecule is O=[N+]([O-])c1ccc(C(c2ccccc2)c2ccncc2)cc1-n1c2ccccc2c2ccccc21. The van der Waals surface area contributed by atoms with Crippen molar-refractivity contribution < 1.29 is 4.92 Å². The standard InChI is InChI=1S/C30H21N3O2/c34-33(35)28-15-14-23(30(21-8-2-1-3-9-21)22-16-18-31-19-17-22)20-29(28)32-26-12-6-4-10-24(26)25-11-5-7-13-27(25)32/h1-20,30H. The Morgan fingerprint density at radius 3 is 1.86 bits per heavy atom. The van der Waals surface area contributed by atoms with Gasteiger partial charge in [-0.2, -0.15) is 0 Å². The van der Waals surface area contributed by atoms with Crippen LogP contribution in [0.2, 0.25) is 0 Å². The molecule has 0 bridgehead atoms. The summed E-state index contributed by atoms with van der Waals surface area (Å²) in [7, 11) is 0. The molecule has 0 aliphatic heterocycles. The fourth-order valence-electron chi connectivity index (χ4n) is 5.01. The van der Waals surface area contributed by atoms with Crippen molar-refractivity contribution in [2.75, 3.05) is 0 Å². The summed E-state index contributed by atoms with van der Waals surface area (Å²) in [6.07, 6.45) is 3.56. The number of fused-ring (bicyclic) bond motifs is 3. The van der Waals surface area contributed by atoms with Crippen molar-refractivity contribution in [2.24, 2.45) is 0 Å². The Morgan fingerprint density at radius 1 is 0.657 bits per heavy atom. The molecule has 1 unspecified atom stereocenters. The minimum absolute atomic E-state index is 0.0711.